The summed E-state index contributed by atoms with van der Waals surface area (Å²) in [4.78, 5) is 12.2. The SMILES string of the molecule is O=c1c(/C=C(\F)S(=O)(=O)c2ccccc2)coc2c(Cl)cc(Cl)cc12. The second kappa shape index (κ2) is 6.63. The van der Waals surface area contributed by atoms with Crippen molar-refractivity contribution in [2.24, 2.45) is 0 Å². The van der Waals surface area contributed by atoms with Gasteiger partial charge >= 0.3 is 0 Å². The lowest BCUT2D eigenvalue weighted by molar-refractivity contribution is 0.578. The molecule has 3 aromatic rings. The van der Waals surface area contributed by atoms with Crippen molar-refractivity contribution in [3.8, 4) is 0 Å². The first-order chi connectivity index (χ1) is 11.8. The molecule has 0 bridgehead atoms. The first kappa shape index (κ1) is 17.7. The van der Waals surface area contributed by atoms with Crippen LogP contribution in [0.3, 0.4) is 0 Å². The van der Waals surface area contributed by atoms with Crippen LogP contribution in [-0.4, -0.2) is 8.42 Å². The molecular weight excluding hydrogens is 390 g/mol. The zero-order valence-corrected chi connectivity index (χ0v) is 14.7. The predicted molar refractivity (Wildman–Crippen MR) is 95.2 cm³/mol. The number of hydrogen-bond donors (Lipinski definition) is 0. The maximum absolute atomic E-state index is 14.3. The molecule has 1 heterocycles. The Labute approximate surface area is 152 Å². The molecule has 25 heavy (non-hydrogen) atoms. The van der Waals surface area contributed by atoms with Crippen LogP contribution in [0.1, 0.15) is 5.56 Å². The molecular formula is C17H9Cl2FO4S. The van der Waals surface area contributed by atoms with E-state index in [0.29, 0.717) is 6.08 Å². The topological polar surface area (TPSA) is 64.3 Å². The molecule has 0 radical (unpaired) electrons. The Hall–Kier alpha value is -2.15. The minimum atomic E-state index is -4.36. The molecule has 3 rings (SSSR count). The lowest BCUT2D eigenvalue weighted by Gasteiger charge is -2.03. The number of rotatable bonds is 3. The molecule has 0 amide bonds. The highest BCUT2D eigenvalue weighted by Gasteiger charge is 2.21. The maximum atomic E-state index is 14.3. The molecule has 0 saturated heterocycles. The van der Waals surface area contributed by atoms with Crippen LogP contribution < -0.4 is 5.43 Å². The number of halogens is 3. The number of hydrogen-bond acceptors (Lipinski definition) is 4. The minimum Gasteiger partial charge on any atom is -0.462 e. The van der Waals surface area contributed by atoms with E-state index in [1.165, 1.54) is 36.4 Å². The summed E-state index contributed by atoms with van der Waals surface area (Å²) in [6, 6.07) is 9.76. The van der Waals surface area contributed by atoms with Crippen LogP contribution in [-0.2, 0) is 9.84 Å². The highest BCUT2D eigenvalue weighted by Crippen LogP contribution is 2.27. The highest BCUT2D eigenvalue weighted by atomic mass is 35.5. The summed E-state index contributed by atoms with van der Waals surface area (Å²) in [5.74, 6) is 0. The lowest BCUT2D eigenvalue weighted by atomic mass is 10.2. The molecule has 0 N–H and O–H groups in total. The standard InChI is InChI=1S/C17H9Cl2FO4S/c18-11-7-13-16(21)10(9-24-17(13)14(19)8-11)6-15(20)25(22,23)12-4-2-1-3-5-12/h1-9H/b15-6+. The van der Waals surface area contributed by atoms with Crippen LogP contribution in [0.2, 0.25) is 10.0 Å². The van der Waals surface area contributed by atoms with Gasteiger partial charge in [-0.3, -0.25) is 4.79 Å². The Morgan fingerprint density at radius 3 is 2.48 bits per heavy atom. The molecule has 0 aliphatic carbocycles. The third-order valence-corrected chi connectivity index (χ3v) is 5.42. The van der Waals surface area contributed by atoms with E-state index in [1.807, 2.05) is 0 Å². The Balaban J connectivity index is 2.16. The van der Waals surface area contributed by atoms with E-state index < -0.39 is 20.4 Å². The second-order valence-corrected chi connectivity index (χ2v) is 7.76. The molecule has 1 aromatic heterocycles. The fourth-order valence-electron chi connectivity index (χ4n) is 2.19. The van der Waals surface area contributed by atoms with Gasteiger partial charge in [-0.2, -0.15) is 4.39 Å². The second-order valence-electron chi connectivity index (χ2n) is 5.05. The van der Waals surface area contributed by atoms with Crippen LogP contribution in [0.4, 0.5) is 4.39 Å². The smallest absolute Gasteiger partial charge is 0.233 e. The van der Waals surface area contributed by atoms with Crippen molar-refractivity contribution in [3.63, 3.8) is 0 Å². The summed E-state index contributed by atoms with van der Waals surface area (Å²) in [6.45, 7) is 0. The number of sulfone groups is 1. The van der Waals surface area contributed by atoms with Gasteiger partial charge in [0.1, 0.15) is 6.26 Å². The summed E-state index contributed by atoms with van der Waals surface area (Å²) >= 11 is 11.8. The third-order valence-electron chi connectivity index (χ3n) is 3.40. The molecule has 128 valence electrons. The van der Waals surface area contributed by atoms with Crippen molar-refractivity contribution in [1.82, 2.24) is 0 Å². The normalized spacial score (nSPS) is 12.5. The van der Waals surface area contributed by atoms with Gasteiger partial charge < -0.3 is 4.42 Å². The molecule has 0 fully saturated rings. The maximum Gasteiger partial charge on any atom is 0.233 e. The van der Waals surface area contributed by atoms with Gasteiger partial charge in [-0.1, -0.05) is 41.4 Å². The van der Waals surface area contributed by atoms with Gasteiger partial charge in [0, 0.05) is 11.1 Å². The minimum absolute atomic E-state index is 0.0242. The van der Waals surface area contributed by atoms with Gasteiger partial charge in [0.25, 0.3) is 0 Å². The third kappa shape index (κ3) is 3.33. The fraction of sp³-hybridized carbons (Fsp3) is 0. The largest absolute Gasteiger partial charge is 0.462 e. The summed E-state index contributed by atoms with van der Waals surface area (Å²) in [5.41, 5.74) is -0.841. The molecule has 0 atom stereocenters. The zero-order valence-electron chi connectivity index (χ0n) is 12.4. The van der Waals surface area contributed by atoms with Gasteiger partial charge in [0.05, 0.1) is 20.9 Å². The van der Waals surface area contributed by atoms with Crippen LogP contribution in [0, 0.1) is 0 Å². The quantitative estimate of drug-likeness (QED) is 0.632. The van der Waals surface area contributed by atoms with Crippen molar-refractivity contribution in [2.45, 2.75) is 4.90 Å². The zero-order chi connectivity index (χ0) is 18.2. The first-order valence-electron chi connectivity index (χ1n) is 6.88. The van der Waals surface area contributed by atoms with Crippen LogP contribution >= 0.6 is 23.2 Å². The lowest BCUT2D eigenvalue weighted by Crippen LogP contribution is -2.07. The van der Waals surface area contributed by atoms with E-state index in [9.17, 15) is 17.6 Å². The van der Waals surface area contributed by atoms with E-state index in [4.69, 9.17) is 27.6 Å². The molecule has 8 heteroatoms. The van der Waals surface area contributed by atoms with Crippen molar-refractivity contribution in [1.29, 1.82) is 0 Å². The average Bonchev–Trinajstić information content (AvgIpc) is 2.58. The molecule has 0 spiro atoms. The average molecular weight is 399 g/mol. The van der Waals surface area contributed by atoms with Gasteiger partial charge in [-0.15, -0.1) is 0 Å². The van der Waals surface area contributed by atoms with Crippen molar-refractivity contribution in [2.75, 3.05) is 0 Å². The van der Waals surface area contributed by atoms with Crippen molar-refractivity contribution >= 4 is 50.1 Å². The van der Waals surface area contributed by atoms with Gasteiger partial charge in [0.2, 0.25) is 15.0 Å². The fourth-order valence-corrected chi connectivity index (χ4v) is 3.75. The Kier molecular flexibility index (Phi) is 4.69. The van der Waals surface area contributed by atoms with E-state index in [0.717, 1.165) is 6.26 Å². The highest BCUT2D eigenvalue weighted by molar-refractivity contribution is 7.95. The monoisotopic (exact) mass is 398 g/mol. The van der Waals surface area contributed by atoms with E-state index >= 15 is 0 Å². The number of benzene rings is 2. The molecule has 0 saturated carbocycles. The van der Waals surface area contributed by atoms with Crippen molar-refractivity contribution < 1.29 is 17.2 Å². The molecule has 0 aliphatic heterocycles. The Morgan fingerprint density at radius 1 is 1.12 bits per heavy atom. The van der Waals surface area contributed by atoms with Crippen LogP contribution in [0.5, 0.6) is 0 Å². The van der Waals surface area contributed by atoms with Gasteiger partial charge in [0.15, 0.2) is 11.0 Å². The van der Waals surface area contributed by atoms with Crippen molar-refractivity contribution in [3.05, 3.63) is 79.7 Å². The number of fused-ring (bicyclic) bond motifs is 1. The van der Waals surface area contributed by atoms with E-state index in [1.54, 1.807) is 6.07 Å². The Morgan fingerprint density at radius 2 is 1.80 bits per heavy atom. The van der Waals surface area contributed by atoms with E-state index in [2.05, 4.69) is 0 Å². The summed E-state index contributed by atoms with van der Waals surface area (Å²) in [5, 5.41) is -1.13. The first-order valence-corrected chi connectivity index (χ1v) is 9.12. The van der Waals surface area contributed by atoms with Gasteiger partial charge in [-0.05, 0) is 24.3 Å². The molecule has 0 unspecified atom stereocenters. The molecule has 4 nitrogen and oxygen atoms in total. The molecule has 2 aromatic carbocycles. The summed E-state index contributed by atoms with van der Waals surface area (Å²) in [6.07, 6.45) is 1.56. The summed E-state index contributed by atoms with van der Waals surface area (Å²) < 4.78 is 44.0. The Bertz CT molecular complexity index is 1150. The van der Waals surface area contributed by atoms with Gasteiger partial charge in [-0.25, -0.2) is 8.42 Å². The summed E-state index contributed by atoms with van der Waals surface area (Å²) in [7, 11) is -4.36. The predicted octanol–water partition coefficient (Wildman–Crippen LogP) is 4.84. The van der Waals surface area contributed by atoms with Crippen LogP contribution in [0.25, 0.3) is 17.0 Å². The van der Waals surface area contributed by atoms with E-state index in [-0.39, 0.29) is 31.5 Å². The van der Waals surface area contributed by atoms with Crippen LogP contribution in [0.15, 0.2) is 68.0 Å². The molecule has 0 aliphatic rings.